The van der Waals surface area contributed by atoms with E-state index in [1.54, 1.807) is 12.1 Å². The summed E-state index contributed by atoms with van der Waals surface area (Å²) >= 11 is 3.25. The van der Waals surface area contributed by atoms with Crippen molar-refractivity contribution in [2.45, 2.75) is 44.1 Å². The number of hydrogen-bond acceptors (Lipinski definition) is 3. The minimum absolute atomic E-state index is 0.00845. The second-order valence-corrected chi connectivity index (χ2v) is 8.43. The van der Waals surface area contributed by atoms with Crippen LogP contribution in [0, 0.1) is 11.7 Å². The van der Waals surface area contributed by atoms with Crippen molar-refractivity contribution in [3.05, 3.63) is 45.3 Å². The molecule has 4 aliphatic rings. The summed E-state index contributed by atoms with van der Waals surface area (Å²) in [5.74, 6) is -0.930. The van der Waals surface area contributed by atoms with Crippen molar-refractivity contribution in [2.75, 3.05) is 6.54 Å². The number of Topliss-reactive ketones (excluding diaryl/α,β-unsaturated/α-hetero) is 1. The molecule has 0 N–H and O–H groups in total. The molecule has 5 rings (SSSR count). The van der Waals surface area contributed by atoms with Crippen LogP contribution < -0.4 is 0 Å². The van der Waals surface area contributed by atoms with Crippen LogP contribution in [0.1, 0.15) is 43.6 Å². The van der Waals surface area contributed by atoms with Gasteiger partial charge in [0, 0.05) is 29.7 Å². The van der Waals surface area contributed by atoms with E-state index in [0.29, 0.717) is 29.1 Å². The molecule has 134 valence electrons. The minimum Gasteiger partial charge on any atom is -0.330 e. The molecule has 2 aliphatic carbocycles. The van der Waals surface area contributed by atoms with Crippen LogP contribution in [0.25, 0.3) is 0 Å². The molecule has 4 nitrogen and oxygen atoms in total. The van der Waals surface area contributed by atoms with Crippen molar-refractivity contribution in [3.63, 3.8) is 0 Å². The number of fused-ring (bicyclic) bond motifs is 1. The van der Waals surface area contributed by atoms with Crippen molar-refractivity contribution >= 4 is 33.3 Å². The number of ketones is 1. The van der Waals surface area contributed by atoms with E-state index in [1.807, 2.05) is 4.90 Å². The monoisotopic (exact) mass is 416 g/mol. The SMILES string of the molecule is O=C1CCCC2=NC3=C(C(=O)N(C4CC4)C3)[C@@H](c3ccc(F)c(Br)c3)C12. The summed E-state index contributed by atoms with van der Waals surface area (Å²) in [6, 6.07) is 5.12. The summed E-state index contributed by atoms with van der Waals surface area (Å²) < 4.78 is 14.1. The summed E-state index contributed by atoms with van der Waals surface area (Å²) in [6.45, 7) is 0.544. The molecule has 0 aromatic heterocycles. The molecule has 1 unspecified atom stereocenters. The molecule has 0 spiro atoms. The Bertz CT molecular complexity index is 903. The average molecular weight is 417 g/mol. The zero-order valence-corrected chi connectivity index (χ0v) is 15.8. The van der Waals surface area contributed by atoms with Gasteiger partial charge in [-0.3, -0.25) is 14.6 Å². The Morgan fingerprint density at radius 1 is 1.15 bits per heavy atom. The molecule has 2 aliphatic heterocycles. The van der Waals surface area contributed by atoms with E-state index < -0.39 is 0 Å². The number of amides is 1. The molecule has 2 fully saturated rings. The smallest absolute Gasteiger partial charge is 0.252 e. The van der Waals surface area contributed by atoms with Gasteiger partial charge in [-0.2, -0.15) is 0 Å². The molecule has 6 heteroatoms. The van der Waals surface area contributed by atoms with E-state index in [-0.39, 0.29) is 29.3 Å². The van der Waals surface area contributed by atoms with Gasteiger partial charge >= 0.3 is 0 Å². The van der Waals surface area contributed by atoms with Gasteiger partial charge in [0.25, 0.3) is 5.91 Å². The fraction of sp³-hybridized carbons (Fsp3) is 0.450. The average Bonchev–Trinajstić information content (AvgIpc) is 3.41. The second-order valence-electron chi connectivity index (χ2n) is 7.58. The van der Waals surface area contributed by atoms with Crippen molar-refractivity contribution in [1.82, 2.24) is 4.90 Å². The predicted octanol–water partition coefficient (Wildman–Crippen LogP) is 3.75. The van der Waals surface area contributed by atoms with Gasteiger partial charge in [-0.15, -0.1) is 0 Å². The number of rotatable bonds is 2. The zero-order chi connectivity index (χ0) is 18.0. The summed E-state index contributed by atoms with van der Waals surface area (Å²) in [5.41, 5.74) is 3.17. The van der Waals surface area contributed by atoms with Crippen LogP contribution in [0.15, 0.2) is 38.9 Å². The number of halogens is 2. The molecule has 2 heterocycles. The number of nitrogens with zero attached hydrogens (tertiary/aromatic N) is 2. The molecule has 26 heavy (non-hydrogen) atoms. The quantitative estimate of drug-likeness (QED) is 0.736. The predicted molar refractivity (Wildman–Crippen MR) is 98.4 cm³/mol. The molecule has 0 radical (unpaired) electrons. The van der Waals surface area contributed by atoms with Crippen LogP contribution in [0.5, 0.6) is 0 Å². The first kappa shape index (κ1) is 16.4. The Balaban J connectivity index is 1.65. The van der Waals surface area contributed by atoms with Crippen molar-refractivity contribution in [3.8, 4) is 0 Å². The standard InChI is InChI=1S/C20H18BrFN2O2/c21-12-8-10(4-7-13(12)22)17-18-14(2-1-3-16(18)25)23-15-9-24(11-5-6-11)20(26)19(15)17/h4,7-8,11,17-18H,1-3,5-6,9H2/t17-,18?/m0/s1. The van der Waals surface area contributed by atoms with Gasteiger partial charge in [-0.25, -0.2) is 4.39 Å². The molecule has 1 aromatic carbocycles. The Morgan fingerprint density at radius 3 is 2.69 bits per heavy atom. The number of carbonyl (C=O) groups excluding carboxylic acids is 2. The van der Waals surface area contributed by atoms with Gasteiger partial charge in [-0.1, -0.05) is 6.07 Å². The third-order valence-electron chi connectivity index (χ3n) is 5.90. The highest BCUT2D eigenvalue weighted by atomic mass is 79.9. The van der Waals surface area contributed by atoms with E-state index in [1.165, 1.54) is 6.07 Å². The van der Waals surface area contributed by atoms with Crippen LogP contribution in [-0.2, 0) is 9.59 Å². The van der Waals surface area contributed by atoms with E-state index in [9.17, 15) is 14.0 Å². The van der Waals surface area contributed by atoms with Crippen LogP contribution in [0.4, 0.5) is 4.39 Å². The van der Waals surface area contributed by atoms with E-state index >= 15 is 0 Å². The van der Waals surface area contributed by atoms with Crippen molar-refractivity contribution in [1.29, 1.82) is 0 Å². The largest absolute Gasteiger partial charge is 0.330 e. The third-order valence-corrected chi connectivity index (χ3v) is 6.51. The lowest BCUT2D eigenvalue weighted by atomic mass is 9.69. The number of aliphatic imine (C=N–C) groups is 1. The normalized spacial score (nSPS) is 28.2. The van der Waals surface area contributed by atoms with Gasteiger partial charge in [-0.05, 0) is 59.3 Å². The van der Waals surface area contributed by atoms with Gasteiger partial charge in [0.15, 0.2) is 0 Å². The number of benzene rings is 1. The summed E-state index contributed by atoms with van der Waals surface area (Å²) in [7, 11) is 0. The van der Waals surface area contributed by atoms with Crippen LogP contribution >= 0.6 is 15.9 Å². The summed E-state index contributed by atoms with van der Waals surface area (Å²) in [4.78, 5) is 32.6. The lowest BCUT2D eigenvalue weighted by Gasteiger charge is -2.34. The lowest BCUT2D eigenvalue weighted by molar-refractivity contribution is -0.126. The fourth-order valence-corrected chi connectivity index (χ4v) is 4.93. The van der Waals surface area contributed by atoms with Crippen molar-refractivity contribution < 1.29 is 14.0 Å². The van der Waals surface area contributed by atoms with Gasteiger partial charge in [0.05, 0.1) is 22.6 Å². The highest BCUT2D eigenvalue weighted by molar-refractivity contribution is 9.10. The minimum atomic E-state index is -0.386. The first-order valence-electron chi connectivity index (χ1n) is 9.13. The third kappa shape index (κ3) is 2.42. The van der Waals surface area contributed by atoms with E-state index in [0.717, 1.165) is 42.7 Å². The Hall–Kier alpha value is -1.82. The van der Waals surface area contributed by atoms with Crippen molar-refractivity contribution in [2.24, 2.45) is 10.9 Å². The second kappa shape index (κ2) is 5.84. The van der Waals surface area contributed by atoms with Gasteiger partial charge in [0.1, 0.15) is 11.6 Å². The summed E-state index contributed by atoms with van der Waals surface area (Å²) in [5, 5.41) is 0. The Morgan fingerprint density at radius 2 is 1.96 bits per heavy atom. The zero-order valence-electron chi connectivity index (χ0n) is 14.2. The molecule has 0 saturated heterocycles. The maximum absolute atomic E-state index is 13.8. The maximum atomic E-state index is 13.8. The Kier molecular flexibility index (Phi) is 3.68. The van der Waals surface area contributed by atoms with E-state index in [2.05, 4.69) is 15.9 Å². The molecular weight excluding hydrogens is 399 g/mol. The van der Waals surface area contributed by atoms with Crippen LogP contribution in [0.2, 0.25) is 0 Å². The van der Waals surface area contributed by atoms with Crippen LogP contribution in [-0.4, -0.2) is 34.9 Å². The maximum Gasteiger partial charge on any atom is 0.252 e. The highest BCUT2D eigenvalue weighted by Crippen LogP contribution is 2.47. The molecule has 1 aromatic rings. The highest BCUT2D eigenvalue weighted by Gasteiger charge is 2.49. The lowest BCUT2D eigenvalue weighted by Crippen LogP contribution is -2.38. The van der Waals surface area contributed by atoms with E-state index in [4.69, 9.17) is 4.99 Å². The Labute approximate surface area is 159 Å². The number of hydrogen-bond donors (Lipinski definition) is 0. The summed E-state index contributed by atoms with van der Waals surface area (Å²) in [6.07, 6.45) is 4.21. The fourth-order valence-electron chi connectivity index (χ4n) is 4.53. The van der Waals surface area contributed by atoms with Gasteiger partial charge < -0.3 is 4.90 Å². The number of carbonyl (C=O) groups is 2. The molecule has 1 amide bonds. The first-order chi connectivity index (χ1) is 12.5. The topological polar surface area (TPSA) is 49.7 Å². The van der Waals surface area contributed by atoms with Crippen LogP contribution in [0.3, 0.4) is 0 Å². The van der Waals surface area contributed by atoms with Gasteiger partial charge in [0.2, 0.25) is 0 Å². The first-order valence-corrected chi connectivity index (χ1v) is 9.93. The molecule has 2 saturated carbocycles. The molecule has 0 bridgehead atoms. The molecule has 2 atom stereocenters. The molecular formula is C20H18BrFN2O2.